The minimum absolute atomic E-state index is 0.0918. The molecule has 0 spiro atoms. The molecule has 0 fully saturated rings. The molecule has 0 unspecified atom stereocenters. The average molecular weight is 275 g/mol. The van der Waals surface area contributed by atoms with E-state index in [0.29, 0.717) is 5.70 Å². The number of nitrogens with zero attached hydrogens (tertiary/aromatic N) is 1. The van der Waals surface area contributed by atoms with Crippen molar-refractivity contribution in [3.8, 4) is 5.75 Å². The van der Waals surface area contributed by atoms with Gasteiger partial charge in [0, 0.05) is 12.7 Å². The maximum Gasteiger partial charge on any atom is 0.419 e. The summed E-state index contributed by atoms with van der Waals surface area (Å²) in [5.41, 5.74) is 1.36. The van der Waals surface area contributed by atoms with Gasteiger partial charge in [-0.05, 0) is 43.7 Å². The molecule has 0 bridgehead atoms. The molecule has 0 aromatic heterocycles. The van der Waals surface area contributed by atoms with Gasteiger partial charge >= 0.3 is 6.09 Å². The van der Waals surface area contributed by atoms with Crippen LogP contribution in [0.15, 0.2) is 54.8 Å². The molecule has 4 heteroatoms. The van der Waals surface area contributed by atoms with Crippen LogP contribution in [0.4, 0.5) is 9.18 Å². The fraction of sp³-hybridized carbons (Fsp3) is 0.188. The Bertz CT molecular complexity index is 562. The van der Waals surface area contributed by atoms with Crippen molar-refractivity contribution in [3.05, 3.63) is 66.2 Å². The largest absolute Gasteiger partial charge is 0.419 e. The molecule has 0 heterocycles. The van der Waals surface area contributed by atoms with E-state index in [1.807, 2.05) is 6.92 Å². The van der Waals surface area contributed by atoms with Gasteiger partial charge in [0.2, 0.25) is 0 Å². The minimum Gasteiger partial charge on any atom is -0.407 e. The quantitative estimate of drug-likeness (QED) is 0.770. The molecule has 3 nitrogen and oxygen atoms in total. The number of carbonyl (C=O) groups is 1. The normalized spacial score (nSPS) is 11.5. The Morgan fingerprint density at radius 2 is 2.15 bits per heavy atom. The Labute approximate surface area is 118 Å². The molecule has 0 N–H and O–H groups in total. The monoisotopic (exact) mass is 275 g/mol. The minimum atomic E-state index is -0.668. The number of ether oxygens (including phenoxy) is 1. The number of hydrogen-bond acceptors (Lipinski definition) is 2. The molecular formula is C16H18FNO2. The molecule has 0 saturated heterocycles. The SMILES string of the molecule is C=C/C=C(\C=C/C)N(C)C(=O)Oc1ccc(C)cc1F. The summed E-state index contributed by atoms with van der Waals surface area (Å²) < 4.78 is 18.7. The first-order chi connectivity index (χ1) is 9.49. The Balaban J connectivity index is 2.89. The first kappa shape index (κ1) is 15.7. The summed E-state index contributed by atoms with van der Waals surface area (Å²) in [7, 11) is 1.55. The lowest BCUT2D eigenvalue weighted by Gasteiger charge is -2.18. The fourth-order valence-electron chi connectivity index (χ4n) is 1.53. The van der Waals surface area contributed by atoms with Crippen molar-refractivity contribution < 1.29 is 13.9 Å². The van der Waals surface area contributed by atoms with Crippen LogP contribution in [0.2, 0.25) is 0 Å². The van der Waals surface area contributed by atoms with E-state index >= 15 is 0 Å². The fourth-order valence-corrected chi connectivity index (χ4v) is 1.53. The van der Waals surface area contributed by atoms with Crippen molar-refractivity contribution in [1.29, 1.82) is 0 Å². The predicted molar refractivity (Wildman–Crippen MR) is 78.0 cm³/mol. The first-order valence-electron chi connectivity index (χ1n) is 6.16. The molecule has 1 rings (SSSR count). The maximum atomic E-state index is 13.6. The summed E-state index contributed by atoms with van der Waals surface area (Å²) in [4.78, 5) is 13.2. The lowest BCUT2D eigenvalue weighted by molar-refractivity contribution is 0.173. The van der Waals surface area contributed by atoms with E-state index in [1.54, 1.807) is 44.3 Å². The van der Waals surface area contributed by atoms with E-state index in [0.717, 1.165) is 5.56 Å². The van der Waals surface area contributed by atoms with Gasteiger partial charge in [-0.3, -0.25) is 4.90 Å². The highest BCUT2D eigenvalue weighted by atomic mass is 19.1. The first-order valence-corrected chi connectivity index (χ1v) is 6.16. The number of aryl methyl sites for hydroxylation is 1. The van der Waals surface area contributed by atoms with Gasteiger partial charge in [-0.2, -0.15) is 0 Å². The van der Waals surface area contributed by atoms with Gasteiger partial charge in [0.25, 0.3) is 0 Å². The van der Waals surface area contributed by atoms with Crippen molar-refractivity contribution in [2.45, 2.75) is 13.8 Å². The molecule has 20 heavy (non-hydrogen) atoms. The summed E-state index contributed by atoms with van der Waals surface area (Å²) in [6.45, 7) is 7.17. The summed E-state index contributed by atoms with van der Waals surface area (Å²) in [5.74, 6) is -0.655. The molecule has 0 aliphatic rings. The average Bonchev–Trinajstić information content (AvgIpc) is 2.40. The van der Waals surface area contributed by atoms with Gasteiger partial charge in [-0.25, -0.2) is 9.18 Å². The Morgan fingerprint density at radius 3 is 2.70 bits per heavy atom. The number of benzene rings is 1. The number of allylic oxidation sites excluding steroid dienone is 4. The van der Waals surface area contributed by atoms with E-state index in [1.165, 1.54) is 17.0 Å². The summed E-state index contributed by atoms with van der Waals surface area (Å²) >= 11 is 0. The number of halogens is 1. The second-order valence-electron chi connectivity index (χ2n) is 4.19. The van der Waals surface area contributed by atoms with E-state index < -0.39 is 11.9 Å². The molecule has 0 atom stereocenters. The third-order valence-electron chi connectivity index (χ3n) is 2.57. The summed E-state index contributed by atoms with van der Waals surface area (Å²) in [6, 6.07) is 4.43. The number of rotatable bonds is 4. The van der Waals surface area contributed by atoms with Gasteiger partial charge in [0.1, 0.15) is 0 Å². The molecule has 106 valence electrons. The van der Waals surface area contributed by atoms with Gasteiger partial charge in [-0.15, -0.1) is 0 Å². The highest BCUT2D eigenvalue weighted by molar-refractivity contribution is 5.73. The van der Waals surface area contributed by atoms with Crippen LogP contribution in [0.5, 0.6) is 5.75 Å². The van der Waals surface area contributed by atoms with E-state index in [9.17, 15) is 9.18 Å². The van der Waals surface area contributed by atoms with Crippen molar-refractivity contribution in [3.63, 3.8) is 0 Å². The molecule has 1 amide bonds. The van der Waals surface area contributed by atoms with Gasteiger partial charge in [0.05, 0.1) is 0 Å². The van der Waals surface area contributed by atoms with Crippen LogP contribution in [-0.4, -0.2) is 18.0 Å². The highest BCUT2D eigenvalue weighted by Crippen LogP contribution is 2.19. The Hall–Kier alpha value is -2.36. The number of carbonyl (C=O) groups excluding carboxylic acids is 1. The van der Waals surface area contributed by atoms with Crippen molar-refractivity contribution in [2.75, 3.05) is 7.05 Å². The van der Waals surface area contributed by atoms with Gasteiger partial charge in [0.15, 0.2) is 11.6 Å². The smallest absolute Gasteiger partial charge is 0.407 e. The van der Waals surface area contributed by atoms with Crippen LogP contribution in [0.3, 0.4) is 0 Å². The van der Waals surface area contributed by atoms with E-state index in [2.05, 4.69) is 6.58 Å². The zero-order valence-electron chi connectivity index (χ0n) is 11.9. The lowest BCUT2D eigenvalue weighted by Crippen LogP contribution is -2.28. The molecule has 0 aliphatic heterocycles. The topological polar surface area (TPSA) is 29.5 Å². The van der Waals surface area contributed by atoms with Gasteiger partial charge < -0.3 is 4.74 Å². The van der Waals surface area contributed by atoms with Crippen molar-refractivity contribution >= 4 is 6.09 Å². The number of amides is 1. The molecule has 1 aromatic rings. The number of hydrogen-bond donors (Lipinski definition) is 0. The van der Waals surface area contributed by atoms with Crippen LogP contribution < -0.4 is 4.74 Å². The van der Waals surface area contributed by atoms with Crippen LogP contribution in [0, 0.1) is 12.7 Å². The van der Waals surface area contributed by atoms with Crippen LogP contribution in [0.25, 0.3) is 0 Å². The Kier molecular flexibility index (Phi) is 5.72. The standard InChI is InChI=1S/C16H18FNO2/c1-5-7-13(8-6-2)18(4)16(19)20-15-10-9-12(3)11-14(15)17/h5-11H,1H2,2-4H3/b8-6-,13-7+. The molecular weight excluding hydrogens is 257 g/mol. The predicted octanol–water partition coefficient (Wildman–Crippen LogP) is 4.21. The maximum absolute atomic E-state index is 13.6. The number of likely N-dealkylation sites (N-methyl/N-ethyl adjacent to an activating group) is 1. The van der Waals surface area contributed by atoms with Crippen LogP contribution in [-0.2, 0) is 0 Å². The Morgan fingerprint density at radius 1 is 1.45 bits per heavy atom. The molecule has 0 radical (unpaired) electrons. The third-order valence-corrected chi connectivity index (χ3v) is 2.57. The van der Waals surface area contributed by atoms with E-state index in [-0.39, 0.29) is 5.75 Å². The van der Waals surface area contributed by atoms with Crippen LogP contribution >= 0.6 is 0 Å². The highest BCUT2D eigenvalue weighted by Gasteiger charge is 2.15. The zero-order valence-corrected chi connectivity index (χ0v) is 11.9. The second-order valence-corrected chi connectivity index (χ2v) is 4.19. The van der Waals surface area contributed by atoms with Crippen molar-refractivity contribution in [2.24, 2.45) is 0 Å². The van der Waals surface area contributed by atoms with Gasteiger partial charge in [-0.1, -0.05) is 24.8 Å². The molecule has 0 aliphatic carbocycles. The lowest BCUT2D eigenvalue weighted by atomic mass is 10.2. The third kappa shape index (κ3) is 4.09. The zero-order chi connectivity index (χ0) is 15.1. The molecule has 0 saturated carbocycles. The molecule has 1 aromatic carbocycles. The van der Waals surface area contributed by atoms with Crippen molar-refractivity contribution in [1.82, 2.24) is 4.90 Å². The van der Waals surface area contributed by atoms with Crippen LogP contribution in [0.1, 0.15) is 12.5 Å². The second kappa shape index (κ2) is 7.28. The summed E-state index contributed by atoms with van der Waals surface area (Å²) in [6.07, 6.45) is 6.07. The summed E-state index contributed by atoms with van der Waals surface area (Å²) in [5, 5.41) is 0. The van der Waals surface area contributed by atoms with E-state index in [4.69, 9.17) is 4.74 Å².